The zero-order chi connectivity index (χ0) is 12.8. The highest BCUT2D eigenvalue weighted by Gasteiger charge is 2.13. The number of sulfonamides is 1. The Bertz CT molecular complexity index is 713. The molecule has 0 saturated carbocycles. The van der Waals surface area contributed by atoms with Crippen LogP contribution in [0.3, 0.4) is 0 Å². The highest BCUT2D eigenvalue weighted by atomic mass is 35.5. The fourth-order valence-corrected chi connectivity index (χ4v) is 2.66. The topological polar surface area (TPSA) is 60.2 Å². The van der Waals surface area contributed by atoms with Crippen LogP contribution < -0.4 is 5.14 Å². The van der Waals surface area contributed by atoms with Gasteiger partial charge in [0, 0.05) is 0 Å². The smallest absolute Gasteiger partial charge is 0.225 e. The van der Waals surface area contributed by atoms with Crippen molar-refractivity contribution >= 4 is 32.4 Å². The molecule has 0 unspecified atom stereocenters. The number of nitrogens with two attached hydrogens (primary N) is 1. The molecule has 6 heteroatoms. The molecule has 0 amide bonds. The van der Waals surface area contributed by atoms with Crippen LogP contribution in [0.2, 0.25) is 5.02 Å². The van der Waals surface area contributed by atoms with E-state index in [1.54, 1.807) is 13.0 Å². The van der Waals surface area contributed by atoms with Gasteiger partial charge in [0.25, 0.3) is 0 Å². The lowest BCUT2D eigenvalue weighted by Gasteiger charge is -2.07. The molecule has 0 fully saturated rings. The Labute approximate surface area is 103 Å². The SMILES string of the molecule is Cc1cc2cc(F)c(Cl)cc2cc1S(N)(=O)=O. The Morgan fingerprint density at radius 3 is 2.35 bits per heavy atom. The molecule has 2 aromatic rings. The van der Waals surface area contributed by atoms with Gasteiger partial charge in [-0.2, -0.15) is 0 Å². The first-order chi connectivity index (χ1) is 7.79. The fraction of sp³-hybridized carbons (Fsp3) is 0.0909. The Morgan fingerprint density at radius 1 is 1.18 bits per heavy atom. The summed E-state index contributed by atoms with van der Waals surface area (Å²) >= 11 is 5.64. The zero-order valence-electron chi connectivity index (χ0n) is 8.87. The van der Waals surface area contributed by atoms with E-state index in [9.17, 15) is 12.8 Å². The maximum atomic E-state index is 13.2. The number of hydrogen-bond acceptors (Lipinski definition) is 2. The van der Waals surface area contributed by atoms with Crippen molar-refractivity contribution in [1.29, 1.82) is 0 Å². The van der Waals surface area contributed by atoms with E-state index in [1.807, 2.05) is 0 Å². The second-order valence-corrected chi connectivity index (χ2v) is 5.71. The van der Waals surface area contributed by atoms with Crippen molar-refractivity contribution < 1.29 is 12.8 Å². The van der Waals surface area contributed by atoms with Crippen molar-refractivity contribution in [2.75, 3.05) is 0 Å². The number of hydrogen-bond donors (Lipinski definition) is 1. The molecule has 0 spiro atoms. The Hall–Kier alpha value is -1.17. The van der Waals surface area contributed by atoms with E-state index < -0.39 is 15.8 Å². The molecule has 90 valence electrons. The van der Waals surface area contributed by atoms with Crippen molar-refractivity contribution in [3.8, 4) is 0 Å². The molecule has 0 bridgehead atoms. The van der Waals surface area contributed by atoms with Gasteiger partial charge in [-0.25, -0.2) is 17.9 Å². The summed E-state index contributed by atoms with van der Waals surface area (Å²) in [5, 5.41) is 6.14. The summed E-state index contributed by atoms with van der Waals surface area (Å²) in [5.41, 5.74) is 0.474. The second-order valence-electron chi connectivity index (χ2n) is 3.78. The van der Waals surface area contributed by atoms with Crippen LogP contribution in [-0.4, -0.2) is 8.42 Å². The van der Waals surface area contributed by atoms with Gasteiger partial charge >= 0.3 is 0 Å². The molecule has 17 heavy (non-hydrogen) atoms. The summed E-state index contributed by atoms with van der Waals surface area (Å²) in [6.07, 6.45) is 0. The summed E-state index contributed by atoms with van der Waals surface area (Å²) in [5.74, 6) is -0.540. The van der Waals surface area contributed by atoms with Gasteiger partial charge in [0.15, 0.2) is 0 Å². The molecule has 0 radical (unpaired) electrons. The molecule has 0 aliphatic rings. The number of fused-ring (bicyclic) bond motifs is 1. The first kappa shape index (κ1) is 12.3. The second kappa shape index (κ2) is 3.94. The molecule has 2 N–H and O–H groups in total. The summed E-state index contributed by atoms with van der Waals surface area (Å²) in [7, 11) is -3.78. The van der Waals surface area contributed by atoms with E-state index in [1.165, 1.54) is 18.2 Å². The van der Waals surface area contributed by atoms with Gasteiger partial charge in [0.1, 0.15) is 5.82 Å². The monoisotopic (exact) mass is 273 g/mol. The van der Waals surface area contributed by atoms with Crippen LogP contribution in [0.25, 0.3) is 10.8 Å². The van der Waals surface area contributed by atoms with Crippen molar-refractivity contribution in [1.82, 2.24) is 0 Å². The Kier molecular flexibility index (Phi) is 2.85. The van der Waals surface area contributed by atoms with Crippen LogP contribution in [0, 0.1) is 12.7 Å². The van der Waals surface area contributed by atoms with E-state index in [0.717, 1.165) is 0 Å². The fourth-order valence-electron chi connectivity index (χ4n) is 1.69. The lowest BCUT2D eigenvalue weighted by molar-refractivity contribution is 0.597. The lowest BCUT2D eigenvalue weighted by Crippen LogP contribution is -2.13. The minimum atomic E-state index is -3.78. The maximum Gasteiger partial charge on any atom is 0.238 e. The first-order valence-corrected chi connectivity index (χ1v) is 6.63. The molecule has 0 aromatic heterocycles. The molecule has 3 nitrogen and oxygen atoms in total. The van der Waals surface area contributed by atoms with Crippen LogP contribution >= 0.6 is 11.6 Å². The standard InChI is InChI=1S/C11H9ClFNO2S/c1-6-2-7-4-10(13)9(12)3-8(7)5-11(6)17(14,15)16/h2-5H,1H3,(H2,14,15,16). The first-order valence-electron chi connectivity index (χ1n) is 4.71. The number of primary sulfonamides is 1. The average Bonchev–Trinajstić information content (AvgIpc) is 2.18. The van der Waals surface area contributed by atoms with Gasteiger partial charge in [-0.3, -0.25) is 0 Å². The molecule has 2 rings (SSSR count). The van der Waals surface area contributed by atoms with Gasteiger partial charge in [-0.1, -0.05) is 11.6 Å². The third-order valence-corrected chi connectivity index (χ3v) is 3.82. The van der Waals surface area contributed by atoms with Gasteiger partial charge in [-0.15, -0.1) is 0 Å². The number of rotatable bonds is 1. The van der Waals surface area contributed by atoms with E-state index in [4.69, 9.17) is 16.7 Å². The summed E-state index contributed by atoms with van der Waals surface area (Å²) in [4.78, 5) is 0.0210. The van der Waals surface area contributed by atoms with Gasteiger partial charge in [-0.05, 0) is 47.5 Å². The normalized spacial score (nSPS) is 12.0. The molecule has 0 heterocycles. The molecular formula is C11H9ClFNO2S. The van der Waals surface area contributed by atoms with Crippen LogP contribution in [-0.2, 0) is 10.0 Å². The van der Waals surface area contributed by atoms with Crippen molar-refractivity contribution in [2.24, 2.45) is 5.14 Å². The van der Waals surface area contributed by atoms with E-state index in [2.05, 4.69) is 0 Å². The van der Waals surface area contributed by atoms with Crippen molar-refractivity contribution in [3.63, 3.8) is 0 Å². The zero-order valence-corrected chi connectivity index (χ0v) is 10.4. The van der Waals surface area contributed by atoms with Crippen LogP contribution in [0.1, 0.15) is 5.56 Å². The summed E-state index contributed by atoms with van der Waals surface area (Å²) in [6, 6.07) is 5.59. The Balaban J connectivity index is 2.86. The Morgan fingerprint density at radius 2 is 1.76 bits per heavy atom. The third kappa shape index (κ3) is 2.26. The van der Waals surface area contributed by atoms with Crippen LogP contribution in [0.15, 0.2) is 29.2 Å². The maximum absolute atomic E-state index is 13.2. The van der Waals surface area contributed by atoms with Crippen LogP contribution in [0.5, 0.6) is 0 Å². The molecule has 0 atom stereocenters. The van der Waals surface area contributed by atoms with E-state index in [0.29, 0.717) is 16.3 Å². The van der Waals surface area contributed by atoms with Crippen molar-refractivity contribution in [3.05, 3.63) is 40.7 Å². The minimum Gasteiger partial charge on any atom is -0.225 e. The number of halogens is 2. The summed E-state index contributed by atoms with van der Waals surface area (Å²) in [6.45, 7) is 1.60. The summed E-state index contributed by atoms with van der Waals surface area (Å²) < 4.78 is 35.9. The molecular weight excluding hydrogens is 265 g/mol. The minimum absolute atomic E-state index is 0.0210. The third-order valence-electron chi connectivity index (χ3n) is 2.48. The van der Waals surface area contributed by atoms with E-state index >= 15 is 0 Å². The molecule has 0 aliphatic heterocycles. The predicted molar refractivity (Wildman–Crippen MR) is 65.0 cm³/mol. The quantitative estimate of drug-likeness (QED) is 0.868. The highest BCUT2D eigenvalue weighted by Crippen LogP contribution is 2.27. The molecule has 0 saturated heterocycles. The van der Waals surface area contributed by atoms with Gasteiger partial charge in [0.05, 0.1) is 9.92 Å². The molecule has 0 aliphatic carbocycles. The highest BCUT2D eigenvalue weighted by molar-refractivity contribution is 7.89. The van der Waals surface area contributed by atoms with Gasteiger partial charge in [0.2, 0.25) is 10.0 Å². The van der Waals surface area contributed by atoms with Crippen LogP contribution in [0.4, 0.5) is 4.39 Å². The number of benzene rings is 2. The largest absolute Gasteiger partial charge is 0.238 e. The van der Waals surface area contributed by atoms with Gasteiger partial charge < -0.3 is 0 Å². The van der Waals surface area contributed by atoms with E-state index in [-0.39, 0.29) is 9.92 Å². The average molecular weight is 274 g/mol. The predicted octanol–water partition coefficient (Wildman–Crippen LogP) is 2.59. The number of aryl methyl sites for hydroxylation is 1. The van der Waals surface area contributed by atoms with Crippen molar-refractivity contribution in [2.45, 2.75) is 11.8 Å². The lowest BCUT2D eigenvalue weighted by atomic mass is 10.1. The molecule has 2 aromatic carbocycles.